The molecule has 6 nitrogen and oxygen atoms in total. The van der Waals surface area contributed by atoms with Crippen molar-refractivity contribution in [2.75, 3.05) is 5.32 Å². The quantitative estimate of drug-likeness (QED) is 0.503. The third-order valence-corrected chi connectivity index (χ3v) is 6.24. The van der Waals surface area contributed by atoms with Gasteiger partial charge in [-0.2, -0.15) is 9.61 Å². The number of hydrogen-bond donors (Lipinski definition) is 1. The van der Waals surface area contributed by atoms with Crippen LogP contribution in [-0.2, 0) is 11.3 Å². The molecule has 2 aromatic carbocycles. The van der Waals surface area contributed by atoms with Crippen molar-refractivity contribution >= 4 is 29.0 Å². The monoisotopic (exact) mass is 432 g/mol. The van der Waals surface area contributed by atoms with Crippen molar-refractivity contribution in [1.82, 2.24) is 14.2 Å². The van der Waals surface area contributed by atoms with Crippen molar-refractivity contribution in [1.29, 1.82) is 0 Å². The number of amides is 1. The van der Waals surface area contributed by atoms with Crippen LogP contribution in [0.5, 0.6) is 0 Å². The molecule has 0 saturated carbocycles. The van der Waals surface area contributed by atoms with E-state index in [0.29, 0.717) is 11.3 Å². The highest BCUT2D eigenvalue weighted by Gasteiger charge is 2.12. The molecular weight excluding hydrogens is 408 g/mol. The van der Waals surface area contributed by atoms with Gasteiger partial charge in [-0.3, -0.25) is 9.59 Å². The Labute approximate surface area is 184 Å². The molecule has 158 valence electrons. The van der Waals surface area contributed by atoms with E-state index in [0.717, 1.165) is 16.3 Å². The average molecular weight is 433 g/mol. The molecule has 0 atom stereocenters. The molecule has 7 heteroatoms. The fraction of sp³-hybridized carbons (Fsp3) is 0.208. The highest BCUT2D eigenvalue weighted by molar-refractivity contribution is 7.99. The molecule has 1 N–H and O–H groups in total. The van der Waals surface area contributed by atoms with Crippen molar-refractivity contribution < 1.29 is 4.79 Å². The maximum atomic E-state index is 12.7. The second kappa shape index (κ2) is 8.43. The molecule has 0 spiro atoms. The summed E-state index contributed by atoms with van der Waals surface area (Å²) in [6.07, 6.45) is 0. The van der Waals surface area contributed by atoms with Crippen LogP contribution in [0.2, 0.25) is 0 Å². The summed E-state index contributed by atoms with van der Waals surface area (Å²) in [7, 11) is 0. The van der Waals surface area contributed by atoms with E-state index in [9.17, 15) is 9.59 Å². The number of aromatic nitrogens is 3. The zero-order valence-corrected chi connectivity index (χ0v) is 18.8. The number of nitrogens with one attached hydrogen (secondary N) is 1. The summed E-state index contributed by atoms with van der Waals surface area (Å²) in [5.74, 6) is -0.164. The summed E-state index contributed by atoms with van der Waals surface area (Å²) in [6, 6.07) is 17.5. The Hall–Kier alpha value is -3.32. The lowest BCUT2D eigenvalue weighted by Crippen LogP contribution is -2.25. The summed E-state index contributed by atoms with van der Waals surface area (Å²) in [6.45, 7) is 7.93. The lowest BCUT2D eigenvalue weighted by molar-refractivity contribution is -0.116. The van der Waals surface area contributed by atoms with Gasteiger partial charge in [0.25, 0.3) is 5.56 Å². The first kappa shape index (κ1) is 20.9. The van der Waals surface area contributed by atoms with Gasteiger partial charge in [0.2, 0.25) is 5.91 Å². The topological polar surface area (TPSA) is 68.4 Å². The van der Waals surface area contributed by atoms with E-state index in [1.54, 1.807) is 22.4 Å². The Kier molecular flexibility index (Phi) is 5.69. The van der Waals surface area contributed by atoms with Gasteiger partial charge < -0.3 is 9.88 Å². The molecule has 0 radical (unpaired) electrons. The molecule has 2 heterocycles. The molecule has 0 fully saturated rings. The Balaban J connectivity index is 1.48. The third-order valence-electron chi connectivity index (χ3n) is 5.07. The van der Waals surface area contributed by atoms with Gasteiger partial charge in [0, 0.05) is 33.3 Å². The van der Waals surface area contributed by atoms with E-state index >= 15 is 0 Å². The van der Waals surface area contributed by atoms with Gasteiger partial charge in [-0.05, 0) is 69.2 Å². The summed E-state index contributed by atoms with van der Waals surface area (Å²) in [4.78, 5) is 27.1. The minimum Gasteiger partial charge on any atom is -0.325 e. The Morgan fingerprint density at radius 2 is 1.74 bits per heavy atom. The van der Waals surface area contributed by atoms with E-state index in [1.165, 1.54) is 26.6 Å². The molecule has 0 aliphatic carbocycles. The molecule has 0 saturated heterocycles. The second-order valence-corrected chi connectivity index (χ2v) is 8.82. The van der Waals surface area contributed by atoms with E-state index in [1.807, 2.05) is 38.1 Å². The molecule has 0 unspecified atom stereocenters. The number of hydrogen-bond acceptors (Lipinski definition) is 4. The minimum atomic E-state index is -0.200. The van der Waals surface area contributed by atoms with Crippen molar-refractivity contribution in [3.8, 4) is 0 Å². The number of carbonyl (C=O) groups is 1. The van der Waals surface area contributed by atoms with Crippen LogP contribution >= 0.6 is 11.8 Å². The fourth-order valence-electron chi connectivity index (χ4n) is 3.44. The van der Waals surface area contributed by atoms with Crippen molar-refractivity contribution in [3.63, 3.8) is 0 Å². The van der Waals surface area contributed by atoms with Crippen LogP contribution < -0.4 is 10.9 Å². The molecule has 0 aliphatic heterocycles. The Bertz CT molecular complexity index is 1340. The predicted molar refractivity (Wildman–Crippen MR) is 124 cm³/mol. The molecule has 4 aromatic rings. The lowest BCUT2D eigenvalue weighted by atomic mass is 10.2. The summed E-state index contributed by atoms with van der Waals surface area (Å²) in [5.41, 5.74) is 5.06. The smallest absolute Gasteiger partial charge is 0.274 e. The molecule has 31 heavy (non-hydrogen) atoms. The molecule has 2 aromatic heterocycles. The SMILES string of the molecule is Cc1ccc(C)c(Sc2ccc(NC(=O)Cn3c(C)cc(=O)n4nc(C)cc34)cc2)c1. The predicted octanol–water partition coefficient (Wildman–Crippen LogP) is 4.52. The first-order valence-electron chi connectivity index (χ1n) is 10.0. The number of fused-ring (bicyclic) bond motifs is 1. The maximum absolute atomic E-state index is 12.7. The van der Waals surface area contributed by atoms with Crippen molar-refractivity contribution in [3.05, 3.63) is 87.5 Å². The molecule has 0 bridgehead atoms. The highest BCUT2D eigenvalue weighted by atomic mass is 32.2. The van der Waals surface area contributed by atoms with Crippen LogP contribution in [0.1, 0.15) is 22.5 Å². The van der Waals surface area contributed by atoms with Crippen LogP contribution in [0.15, 0.2) is 69.2 Å². The fourth-order valence-corrected chi connectivity index (χ4v) is 4.44. The van der Waals surface area contributed by atoms with Gasteiger partial charge in [0.05, 0.1) is 5.69 Å². The normalized spacial score (nSPS) is 11.1. The van der Waals surface area contributed by atoms with Gasteiger partial charge in [0.1, 0.15) is 12.2 Å². The van der Waals surface area contributed by atoms with Crippen LogP contribution in [-0.4, -0.2) is 20.1 Å². The number of rotatable bonds is 5. The number of aryl methyl sites for hydroxylation is 4. The molecular formula is C24H24N4O2S. The Morgan fingerprint density at radius 1 is 1.00 bits per heavy atom. The van der Waals surface area contributed by atoms with Crippen LogP contribution in [0.3, 0.4) is 0 Å². The minimum absolute atomic E-state index is 0.0970. The van der Waals surface area contributed by atoms with E-state index in [4.69, 9.17) is 0 Å². The summed E-state index contributed by atoms with van der Waals surface area (Å²) < 4.78 is 3.12. The van der Waals surface area contributed by atoms with Gasteiger partial charge in [-0.25, -0.2) is 0 Å². The third kappa shape index (κ3) is 4.56. The lowest BCUT2D eigenvalue weighted by Gasteiger charge is -2.13. The maximum Gasteiger partial charge on any atom is 0.274 e. The first-order valence-corrected chi connectivity index (χ1v) is 10.8. The zero-order chi connectivity index (χ0) is 22.1. The highest BCUT2D eigenvalue weighted by Crippen LogP contribution is 2.31. The first-order chi connectivity index (χ1) is 14.8. The number of benzene rings is 2. The van der Waals surface area contributed by atoms with Crippen molar-refractivity contribution in [2.24, 2.45) is 0 Å². The van der Waals surface area contributed by atoms with Crippen molar-refractivity contribution in [2.45, 2.75) is 44.0 Å². The van der Waals surface area contributed by atoms with Crippen LogP contribution in [0.4, 0.5) is 5.69 Å². The van der Waals surface area contributed by atoms with Gasteiger partial charge in [-0.1, -0.05) is 23.9 Å². The van der Waals surface area contributed by atoms with E-state index < -0.39 is 0 Å². The number of carbonyl (C=O) groups excluding carboxylic acids is 1. The van der Waals surface area contributed by atoms with Gasteiger partial charge in [-0.15, -0.1) is 0 Å². The van der Waals surface area contributed by atoms with E-state index in [-0.39, 0.29) is 18.0 Å². The zero-order valence-electron chi connectivity index (χ0n) is 18.0. The average Bonchev–Trinajstić information content (AvgIpc) is 3.11. The standard InChI is InChI=1S/C24H24N4O2S/c1-15-5-6-16(2)21(11-15)31-20-9-7-19(8-10-20)25-22(29)14-27-18(4)13-24(30)28-23(27)12-17(3)26-28/h5-13H,14H2,1-4H3,(H,25,29). The van der Waals surface area contributed by atoms with Gasteiger partial charge in [0.15, 0.2) is 0 Å². The van der Waals surface area contributed by atoms with Gasteiger partial charge >= 0.3 is 0 Å². The Morgan fingerprint density at radius 3 is 2.48 bits per heavy atom. The number of anilines is 1. The summed E-state index contributed by atoms with van der Waals surface area (Å²) >= 11 is 1.71. The second-order valence-electron chi connectivity index (χ2n) is 7.71. The van der Waals surface area contributed by atoms with E-state index in [2.05, 4.69) is 42.5 Å². The molecule has 0 aliphatic rings. The van der Waals surface area contributed by atoms with Crippen LogP contribution in [0, 0.1) is 27.7 Å². The largest absolute Gasteiger partial charge is 0.325 e. The van der Waals surface area contributed by atoms with Crippen LogP contribution in [0.25, 0.3) is 5.65 Å². The number of nitrogens with zero attached hydrogens (tertiary/aromatic N) is 3. The molecule has 4 rings (SSSR count). The summed E-state index contributed by atoms with van der Waals surface area (Å²) in [5, 5.41) is 7.15. The molecule has 1 amide bonds.